The molecule has 0 N–H and O–H groups in total. The van der Waals surface area contributed by atoms with E-state index in [9.17, 15) is 0 Å². The van der Waals surface area contributed by atoms with Crippen molar-refractivity contribution in [2.24, 2.45) is 16.7 Å². The Bertz CT molecular complexity index is 462. The summed E-state index contributed by atoms with van der Waals surface area (Å²) in [6.07, 6.45) is 4.34. The monoisotopic (exact) mass is 244 g/mol. The summed E-state index contributed by atoms with van der Waals surface area (Å²) < 4.78 is 6.38. The van der Waals surface area contributed by atoms with Crippen LogP contribution in [0.25, 0.3) is 0 Å². The highest BCUT2D eigenvalue weighted by Gasteiger charge is 2.62. The number of para-hydroxylation sites is 1. The lowest BCUT2D eigenvalue weighted by molar-refractivity contribution is 0.0297. The summed E-state index contributed by atoms with van der Waals surface area (Å²) in [4.78, 5) is 0. The first-order valence-corrected chi connectivity index (χ1v) is 7.17. The average Bonchev–Trinajstić information content (AvgIpc) is 2.65. The normalized spacial score (nSPS) is 36.9. The fourth-order valence-electron chi connectivity index (χ4n) is 4.15. The number of hydrogen-bond acceptors (Lipinski definition) is 1. The molecule has 98 valence electrons. The molecular weight excluding hydrogens is 220 g/mol. The maximum atomic E-state index is 6.38. The molecule has 2 aliphatic rings. The minimum Gasteiger partial charge on any atom is -0.490 e. The van der Waals surface area contributed by atoms with Crippen LogP contribution in [-0.4, -0.2) is 6.10 Å². The lowest BCUT2D eigenvalue weighted by Crippen LogP contribution is -2.38. The summed E-state index contributed by atoms with van der Waals surface area (Å²) in [7, 11) is 0. The van der Waals surface area contributed by atoms with Crippen LogP contribution in [0.5, 0.6) is 5.75 Å². The van der Waals surface area contributed by atoms with E-state index in [2.05, 4.69) is 52.0 Å². The van der Waals surface area contributed by atoms with Crippen molar-refractivity contribution in [3.8, 4) is 5.75 Å². The molecule has 3 atom stereocenters. The van der Waals surface area contributed by atoms with Crippen LogP contribution in [0.4, 0.5) is 0 Å². The first-order valence-electron chi connectivity index (χ1n) is 7.17. The van der Waals surface area contributed by atoms with Gasteiger partial charge in [-0.25, -0.2) is 0 Å². The molecule has 0 radical (unpaired) electrons. The third-order valence-corrected chi connectivity index (χ3v) is 6.08. The van der Waals surface area contributed by atoms with Gasteiger partial charge in [0.05, 0.1) is 0 Å². The van der Waals surface area contributed by atoms with Gasteiger partial charge in [-0.15, -0.1) is 0 Å². The van der Waals surface area contributed by atoms with Gasteiger partial charge in [0.25, 0.3) is 0 Å². The molecule has 0 spiro atoms. The van der Waals surface area contributed by atoms with E-state index >= 15 is 0 Å². The molecule has 0 amide bonds. The second-order valence-electron chi connectivity index (χ2n) is 6.98. The summed E-state index contributed by atoms with van der Waals surface area (Å²) >= 11 is 0. The highest BCUT2D eigenvalue weighted by Crippen LogP contribution is 2.66. The number of benzene rings is 1. The van der Waals surface area contributed by atoms with Gasteiger partial charge in [-0.05, 0) is 49.1 Å². The van der Waals surface area contributed by atoms with Crippen LogP contribution in [-0.2, 0) is 0 Å². The third kappa shape index (κ3) is 1.46. The van der Waals surface area contributed by atoms with Crippen molar-refractivity contribution < 1.29 is 4.74 Å². The Kier molecular flexibility index (Phi) is 2.52. The van der Waals surface area contributed by atoms with E-state index in [0.717, 1.165) is 11.7 Å². The van der Waals surface area contributed by atoms with Crippen LogP contribution in [0.1, 0.15) is 45.6 Å². The molecule has 0 heterocycles. The zero-order chi connectivity index (χ0) is 13.0. The van der Waals surface area contributed by atoms with Crippen molar-refractivity contribution in [1.29, 1.82) is 0 Å². The van der Waals surface area contributed by atoms with E-state index in [1.165, 1.54) is 24.8 Å². The van der Waals surface area contributed by atoms with Crippen LogP contribution < -0.4 is 4.74 Å². The van der Waals surface area contributed by atoms with Crippen molar-refractivity contribution in [1.82, 2.24) is 0 Å². The average molecular weight is 244 g/mol. The summed E-state index contributed by atoms with van der Waals surface area (Å²) in [6, 6.07) is 8.39. The third-order valence-electron chi connectivity index (χ3n) is 6.08. The maximum Gasteiger partial charge on any atom is 0.122 e. The van der Waals surface area contributed by atoms with E-state index in [0.29, 0.717) is 16.9 Å². The Morgan fingerprint density at radius 2 is 1.89 bits per heavy atom. The number of aryl methyl sites for hydroxylation is 1. The first kappa shape index (κ1) is 12.1. The molecule has 2 aliphatic carbocycles. The van der Waals surface area contributed by atoms with Crippen molar-refractivity contribution in [3.63, 3.8) is 0 Å². The predicted molar refractivity (Wildman–Crippen MR) is 74.8 cm³/mol. The molecule has 2 fully saturated rings. The molecule has 0 saturated heterocycles. The van der Waals surface area contributed by atoms with Gasteiger partial charge in [-0.1, -0.05) is 39.0 Å². The second kappa shape index (κ2) is 3.76. The van der Waals surface area contributed by atoms with Crippen LogP contribution >= 0.6 is 0 Å². The number of ether oxygens (including phenoxy) is 1. The molecule has 18 heavy (non-hydrogen) atoms. The molecule has 1 aromatic carbocycles. The van der Waals surface area contributed by atoms with E-state index in [1.54, 1.807) is 0 Å². The van der Waals surface area contributed by atoms with E-state index in [-0.39, 0.29) is 0 Å². The highest BCUT2D eigenvalue weighted by molar-refractivity contribution is 5.32. The van der Waals surface area contributed by atoms with Crippen molar-refractivity contribution in [2.45, 2.75) is 53.1 Å². The summed E-state index contributed by atoms with van der Waals surface area (Å²) in [5.41, 5.74) is 2.03. The fourth-order valence-corrected chi connectivity index (χ4v) is 4.15. The Balaban J connectivity index is 1.86. The van der Waals surface area contributed by atoms with Gasteiger partial charge in [0.15, 0.2) is 0 Å². The maximum absolute atomic E-state index is 6.38. The lowest BCUT2D eigenvalue weighted by Gasteiger charge is -2.39. The minimum atomic E-state index is 0.347. The van der Waals surface area contributed by atoms with E-state index in [1.807, 2.05) is 0 Å². The number of rotatable bonds is 2. The SMILES string of the molecule is Cc1ccccc1O[C@@H]1C[C@H]2CC[C@]1(C)C2(C)C. The molecule has 1 aromatic rings. The Hall–Kier alpha value is -0.980. The van der Waals surface area contributed by atoms with Gasteiger partial charge in [0.1, 0.15) is 11.9 Å². The zero-order valence-electron chi connectivity index (χ0n) is 12.0. The quantitative estimate of drug-likeness (QED) is 0.739. The molecule has 0 unspecified atom stereocenters. The highest BCUT2D eigenvalue weighted by atomic mass is 16.5. The van der Waals surface area contributed by atoms with E-state index < -0.39 is 0 Å². The minimum absolute atomic E-state index is 0.347. The summed E-state index contributed by atoms with van der Waals surface area (Å²) in [6.45, 7) is 9.44. The molecule has 2 bridgehead atoms. The molecule has 2 saturated carbocycles. The Labute approximate surface area is 111 Å². The lowest BCUT2D eigenvalue weighted by atomic mass is 9.70. The molecule has 1 nitrogen and oxygen atoms in total. The standard InChI is InChI=1S/C17H24O/c1-12-7-5-6-8-14(12)18-15-11-13-9-10-17(15,4)16(13,2)3/h5-8,13,15H,9-11H2,1-4H3/t13-,15-,17+/m1/s1. The van der Waals surface area contributed by atoms with Crippen LogP contribution in [0.3, 0.4) is 0 Å². The van der Waals surface area contributed by atoms with Gasteiger partial charge in [0.2, 0.25) is 0 Å². The molecule has 0 aliphatic heterocycles. The van der Waals surface area contributed by atoms with Crippen LogP contribution in [0, 0.1) is 23.7 Å². The second-order valence-corrected chi connectivity index (χ2v) is 6.98. The van der Waals surface area contributed by atoms with Gasteiger partial charge in [-0.2, -0.15) is 0 Å². The first-order chi connectivity index (χ1) is 8.45. The van der Waals surface area contributed by atoms with Gasteiger partial charge in [0, 0.05) is 5.41 Å². The van der Waals surface area contributed by atoms with Crippen molar-refractivity contribution in [2.75, 3.05) is 0 Å². The van der Waals surface area contributed by atoms with Crippen LogP contribution in [0.15, 0.2) is 24.3 Å². The Morgan fingerprint density at radius 3 is 2.44 bits per heavy atom. The predicted octanol–water partition coefficient (Wildman–Crippen LogP) is 4.59. The smallest absolute Gasteiger partial charge is 0.122 e. The van der Waals surface area contributed by atoms with E-state index in [4.69, 9.17) is 4.74 Å². The topological polar surface area (TPSA) is 9.23 Å². The zero-order valence-corrected chi connectivity index (χ0v) is 12.0. The van der Waals surface area contributed by atoms with Crippen LogP contribution in [0.2, 0.25) is 0 Å². The van der Waals surface area contributed by atoms with Gasteiger partial charge >= 0.3 is 0 Å². The van der Waals surface area contributed by atoms with Gasteiger partial charge in [-0.3, -0.25) is 0 Å². The molecular formula is C17H24O. The van der Waals surface area contributed by atoms with Gasteiger partial charge < -0.3 is 4.74 Å². The largest absolute Gasteiger partial charge is 0.490 e. The Morgan fingerprint density at radius 1 is 1.17 bits per heavy atom. The molecule has 1 heteroatoms. The molecule has 3 rings (SSSR count). The number of hydrogen-bond donors (Lipinski definition) is 0. The van der Waals surface area contributed by atoms with Crippen molar-refractivity contribution in [3.05, 3.63) is 29.8 Å². The summed E-state index contributed by atoms with van der Waals surface area (Å²) in [5, 5.41) is 0. The number of fused-ring (bicyclic) bond motifs is 2. The fraction of sp³-hybridized carbons (Fsp3) is 0.647. The molecule has 0 aromatic heterocycles. The van der Waals surface area contributed by atoms with Crippen molar-refractivity contribution >= 4 is 0 Å². The summed E-state index contributed by atoms with van der Waals surface area (Å²) in [5.74, 6) is 1.92.